The number of β-amino-alcohol motifs (C(OH)–C–C–N with tert-alkyl or cyclic N) is 1. The first-order valence-electron chi connectivity index (χ1n) is 10.2. The van der Waals surface area contributed by atoms with Crippen LogP contribution in [-0.4, -0.2) is 47.2 Å². The van der Waals surface area contributed by atoms with Crippen LogP contribution in [0.3, 0.4) is 0 Å². The van der Waals surface area contributed by atoms with Gasteiger partial charge in [-0.3, -0.25) is 4.79 Å². The summed E-state index contributed by atoms with van der Waals surface area (Å²) in [4.78, 5) is 15.6. The number of carbonyl (C=O) groups excluding carboxylic acids is 1. The van der Waals surface area contributed by atoms with Crippen molar-refractivity contribution in [3.8, 4) is 0 Å². The zero-order valence-corrected chi connectivity index (χ0v) is 16.6. The molecule has 1 amide bonds. The summed E-state index contributed by atoms with van der Waals surface area (Å²) in [6.45, 7) is 3.89. The Kier molecular flexibility index (Phi) is 5.42. The second-order valence-corrected chi connectivity index (χ2v) is 8.14. The molecule has 0 bridgehead atoms. The standard InChI is InChI=1S/C23H27FN2O3/c1-16(27)26-11-8-17-14-18(6-7-21(17)26)22(28)15-25-12-9-23(29,10-13-25)19-4-2-3-5-20(19)24/h2-7,14,22,28-29H,8-13,15H2,1H3. The van der Waals surface area contributed by atoms with Crippen molar-refractivity contribution in [2.24, 2.45) is 0 Å². The lowest BCUT2D eigenvalue weighted by Crippen LogP contribution is -2.44. The third-order valence-electron chi connectivity index (χ3n) is 6.25. The number of nitrogens with zero attached hydrogens (tertiary/aromatic N) is 2. The third-order valence-corrected chi connectivity index (χ3v) is 6.25. The lowest BCUT2D eigenvalue weighted by molar-refractivity contribution is -0.116. The molecule has 0 spiro atoms. The van der Waals surface area contributed by atoms with Gasteiger partial charge >= 0.3 is 0 Å². The van der Waals surface area contributed by atoms with E-state index in [1.807, 2.05) is 18.2 Å². The van der Waals surface area contributed by atoms with E-state index < -0.39 is 11.7 Å². The summed E-state index contributed by atoms with van der Waals surface area (Å²) in [7, 11) is 0. The smallest absolute Gasteiger partial charge is 0.223 e. The minimum atomic E-state index is -1.16. The van der Waals surface area contributed by atoms with Gasteiger partial charge in [-0.2, -0.15) is 0 Å². The molecule has 0 saturated carbocycles. The van der Waals surface area contributed by atoms with Gasteiger partial charge in [0.05, 0.1) is 11.7 Å². The Hall–Kier alpha value is -2.28. The Morgan fingerprint density at radius 3 is 2.59 bits per heavy atom. The molecule has 2 aliphatic rings. The molecule has 1 unspecified atom stereocenters. The van der Waals surface area contributed by atoms with Crippen LogP contribution in [-0.2, 0) is 16.8 Å². The summed E-state index contributed by atoms with van der Waals surface area (Å²) < 4.78 is 14.1. The number of carbonyl (C=O) groups is 1. The van der Waals surface area contributed by atoms with Gasteiger partial charge < -0.3 is 20.0 Å². The Bertz CT molecular complexity index is 909. The number of benzene rings is 2. The summed E-state index contributed by atoms with van der Waals surface area (Å²) in [5, 5.41) is 21.6. The highest BCUT2D eigenvalue weighted by molar-refractivity contribution is 5.93. The van der Waals surface area contributed by atoms with E-state index in [1.165, 1.54) is 6.07 Å². The molecule has 0 radical (unpaired) electrons. The molecule has 29 heavy (non-hydrogen) atoms. The van der Waals surface area contributed by atoms with Crippen molar-refractivity contribution in [3.05, 3.63) is 65.0 Å². The maximum Gasteiger partial charge on any atom is 0.223 e. The number of halogens is 1. The molecule has 0 aromatic heterocycles. The normalized spacial score (nSPS) is 19.8. The number of amides is 1. The second-order valence-electron chi connectivity index (χ2n) is 8.14. The van der Waals surface area contributed by atoms with Gasteiger partial charge in [0.15, 0.2) is 0 Å². The van der Waals surface area contributed by atoms with Gasteiger partial charge in [0.25, 0.3) is 0 Å². The van der Waals surface area contributed by atoms with Crippen LogP contribution in [0.15, 0.2) is 42.5 Å². The number of rotatable bonds is 4. The van der Waals surface area contributed by atoms with E-state index in [2.05, 4.69) is 4.90 Å². The molecular formula is C23H27FN2O3. The van der Waals surface area contributed by atoms with Crippen LogP contribution in [0.2, 0.25) is 0 Å². The van der Waals surface area contributed by atoms with E-state index in [0.29, 0.717) is 44.6 Å². The van der Waals surface area contributed by atoms with Crippen LogP contribution < -0.4 is 4.90 Å². The van der Waals surface area contributed by atoms with E-state index in [0.717, 1.165) is 23.2 Å². The van der Waals surface area contributed by atoms with Crippen LogP contribution in [0.25, 0.3) is 0 Å². The summed E-state index contributed by atoms with van der Waals surface area (Å²) in [5.74, 6) is -0.339. The quantitative estimate of drug-likeness (QED) is 0.831. The van der Waals surface area contributed by atoms with Gasteiger partial charge in [-0.1, -0.05) is 30.3 Å². The lowest BCUT2D eigenvalue weighted by Gasteiger charge is -2.39. The fourth-order valence-corrected chi connectivity index (χ4v) is 4.52. The number of piperidine rings is 1. The fourth-order valence-electron chi connectivity index (χ4n) is 4.52. The average molecular weight is 398 g/mol. The maximum atomic E-state index is 14.1. The highest BCUT2D eigenvalue weighted by Gasteiger charge is 2.36. The summed E-state index contributed by atoms with van der Waals surface area (Å²) in [6.07, 6.45) is 1.01. The van der Waals surface area contributed by atoms with Gasteiger partial charge in [0.1, 0.15) is 5.82 Å². The maximum absolute atomic E-state index is 14.1. The van der Waals surface area contributed by atoms with Gasteiger partial charge in [-0.25, -0.2) is 4.39 Å². The Balaban J connectivity index is 1.39. The molecule has 1 fully saturated rings. The van der Waals surface area contributed by atoms with Gasteiger partial charge in [0.2, 0.25) is 5.91 Å². The molecule has 4 rings (SSSR count). The number of aliphatic hydroxyl groups is 2. The first-order chi connectivity index (χ1) is 13.9. The summed E-state index contributed by atoms with van der Waals surface area (Å²) >= 11 is 0. The van der Waals surface area contributed by atoms with E-state index in [4.69, 9.17) is 0 Å². The van der Waals surface area contributed by atoms with Crippen molar-refractivity contribution >= 4 is 11.6 Å². The zero-order chi connectivity index (χ0) is 20.6. The van der Waals surface area contributed by atoms with E-state index in [-0.39, 0.29) is 11.7 Å². The Labute approximate surface area is 170 Å². The second kappa shape index (κ2) is 7.86. The summed E-state index contributed by atoms with van der Waals surface area (Å²) in [6, 6.07) is 12.2. The Morgan fingerprint density at radius 1 is 1.17 bits per heavy atom. The number of hydrogen-bond donors (Lipinski definition) is 2. The number of hydrogen-bond acceptors (Lipinski definition) is 4. The summed E-state index contributed by atoms with van der Waals surface area (Å²) in [5.41, 5.74) is 2.06. The SMILES string of the molecule is CC(=O)N1CCc2cc(C(O)CN3CCC(O)(c4ccccc4F)CC3)ccc21. The molecular weight excluding hydrogens is 371 g/mol. The molecule has 2 N–H and O–H groups in total. The van der Waals surface area contributed by atoms with Gasteiger partial charge in [-0.15, -0.1) is 0 Å². The number of likely N-dealkylation sites (tertiary alicyclic amines) is 1. The predicted octanol–water partition coefficient (Wildman–Crippen LogP) is 2.75. The van der Waals surface area contributed by atoms with Crippen LogP contribution >= 0.6 is 0 Å². The van der Waals surface area contributed by atoms with Crippen molar-refractivity contribution < 1.29 is 19.4 Å². The van der Waals surface area contributed by atoms with Crippen LogP contribution in [0, 0.1) is 5.82 Å². The molecule has 5 nitrogen and oxygen atoms in total. The minimum absolute atomic E-state index is 0.0349. The zero-order valence-electron chi connectivity index (χ0n) is 16.6. The number of fused-ring (bicyclic) bond motifs is 1. The molecule has 6 heteroatoms. The lowest BCUT2D eigenvalue weighted by atomic mass is 9.84. The van der Waals surface area contributed by atoms with Crippen LogP contribution in [0.1, 0.15) is 42.6 Å². The van der Waals surface area contributed by atoms with Crippen LogP contribution in [0.5, 0.6) is 0 Å². The molecule has 2 heterocycles. The van der Waals surface area contributed by atoms with Crippen molar-refractivity contribution in [3.63, 3.8) is 0 Å². The third kappa shape index (κ3) is 3.92. The molecule has 2 aromatic rings. The highest BCUT2D eigenvalue weighted by atomic mass is 19.1. The molecule has 1 atom stereocenters. The van der Waals surface area contributed by atoms with Gasteiger partial charge in [0, 0.05) is 44.4 Å². The first kappa shape index (κ1) is 20.0. The van der Waals surface area contributed by atoms with Crippen molar-refractivity contribution in [1.82, 2.24) is 4.90 Å². The van der Waals surface area contributed by atoms with Crippen molar-refractivity contribution in [2.45, 2.75) is 37.9 Å². The first-order valence-corrected chi connectivity index (χ1v) is 10.2. The fraction of sp³-hybridized carbons (Fsp3) is 0.435. The molecule has 2 aliphatic heterocycles. The molecule has 1 saturated heterocycles. The molecule has 154 valence electrons. The average Bonchev–Trinajstić information content (AvgIpc) is 3.13. The van der Waals surface area contributed by atoms with Crippen molar-refractivity contribution in [2.75, 3.05) is 31.1 Å². The van der Waals surface area contributed by atoms with Crippen molar-refractivity contribution in [1.29, 1.82) is 0 Å². The minimum Gasteiger partial charge on any atom is -0.387 e. The molecule has 0 aliphatic carbocycles. The van der Waals surface area contributed by atoms with E-state index >= 15 is 0 Å². The van der Waals surface area contributed by atoms with Gasteiger partial charge in [-0.05, 0) is 42.5 Å². The number of anilines is 1. The predicted molar refractivity (Wildman–Crippen MR) is 109 cm³/mol. The number of aliphatic hydroxyl groups excluding tert-OH is 1. The van der Waals surface area contributed by atoms with Crippen LogP contribution in [0.4, 0.5) is 10.1 Å². The van der Waals surface area contributed by atoms with E-state index in [1.54, 1.807) is 30.0 Å². The largest absolute Gasteiger partial charge is 0.387 e. The highest BCUT2D eigenvalue weighted by Crippen LogP contribution is 2.35. The van der Waals surface area contributed by atoms with E-state index in [9.17, 15) is 19.4 Å². The monoisotopic (exact) mass is 398 g/mol. The Morgan fingerprint density at radius 2 is 1.90 bits per heavy atom. The topological polar surface area (TPSA) is 64.0 Å². The molecule has 2 aromatic carbocycles.